The number of likely N-dealkylation sites (tertiary alicyclic amines) is 1. The first kappa shape index (κ1) is 18.3. The van der Waals surface area contributed by atoms with Crippen molar-refractivity contribution in [1.29, 1.82) is 0 Å². The quantitative estimate of drug-likeness (QED) is 0.587. The van der Waals surface area contributed by atoms with Crippen LogP contribution in [0.25, 0.3) is 0 Å². The smallest absolute Gasteiger partial charge is 0.274 e. The number of carbonyl (C=O) groups is 1. The monoisotopic (exact) mass is 356 g/mol. The average molecular weight is 356 g/mol. The molecule has 0 spiro atoms. The minimum absolute atomic E-state index is 0.0299. The van der Waals surface area contributed by atoms with Crippen LogP contribution in [0.5, 0.6) is 0 Å². The number of primary sulfonamides is 1. The Hall–Kier alpha value is -2.04. The fraction of sp³-hybridized carbons (Fsp3) is 0.500. The number of hydrogen-bond acceptors (Lipinski definition) is 6. The summed E-state index contributed by atoms with van der Waals surface area (Å²) in [7, 11) is -4.18. The normalized spacial score (nSPS) is 21.1. The van der Waals surface area contributed by atoms with Crippen LogP contribution in [0.2, 0.25) is 0 Å². The molecule has 0 aliphatic carbocycles. The maximum Gasteiger partial charge on any atom is 0.274 e. The highest BCUT2D eigenvalue weighted by molar-refractivity contribution is 7.89. The second-order valence-corrected chi connectivity index (χ2v) is 7.62. The maximum absolute atomic E-state index is 12.8. The summed E-state index contributed by atoms with van der Waals surface area (Å²) in [4.78, 5) is 24.4. The van der Waals surface area contributed by atoms with Crippen LogP contribution >= 0.6 is 0 Å². The molecule has 9 nitrogen and oxygen atoms in total. The van der Waals surface area contributed by atoms with Gasteiger partial charge in [0.15, 0.2) is 0 Å². The molecule has 1 aliphatic heterocycles. The second-order valence-electron chi connectivity index (χ2n) is 6.06. The lowest BCUT2D eigenvalue weighted by atomic mass is 10.1. The summed E-state index contributed by atoms with van der Waals surface area (Å²) >= 11 is 0. The molecular weight excluding hydrogens is 336 g/mol. The summed E-state index contributed by atoms with van der Waals surface area (Å²) < 4.78 is 23.2. The van der Waals surface area contributed by atoms with E-state index in [9.17, 15) is 23.3 Å². The van der Waals surface area contributed by atoms with Gasteiger partial charge in [-0.1, -0.05) is 0 Å². The summed E-state index contributed by atoms with van der Waals surface area (Å²) in [6, 6.07) is 1.89. The lowest BCUT2D eigenvalue weighted by Crippen LogP contribution is -2.35. The van der Waals surface area contributed by atoms with Crippen LogP contribution in [0, 0.1) is 23.0 Å². The molecule has 24 heavy (non-hydrogen) atoms. The zero-order valence-corrected chi connectivity index (χ0v) is 14.2. The maximum atomic E-state index is 12.8. The highest BCUT2D eigenvalue weighted by atomic mass is 32.2. The zero-order valence-electron chi connectivity index (χ0n) is 13.4. The van der Waals surface area contributed by atoms with Crippen LogP contribution in [0.3, 0.4) is 0 Å². The molecule has 4 N–H and O–H groups in total. The minimum Gasteiger partial charge on any atom is -0.336 e. The number of nitro groups is 1. The predicted octanol–water partition coefficient (Wildman–Crippen LogP) is 0.360. The molecule has 0 saturated carbocycles. The van der Waals surface area contributed by atoms with Gasteiger partial charge in [-0.05, 0) is 38.8 Å². The summed E-state index contributed by atoms with van der Waals surface area (Å²) in [5.41, 5.74) is 5.28. The van der Waals surface area contributed by atoms with Gasteiger partial charge in [0.25, 0.3) is 11.6 Å². The van der Waals surface area contributed by atoms with E-state index < -0.39 is 31.4 Å². The molecule has 1 aliphatic rings. The Balaban J connectivity index is 2.55. The van der Waals surface area contributed by atoms with Gasteiger partial charge in [-0.2, -0.15) is 0 Å². The van der Waals surface area contributed by atoms with Crippen molar-refractivity contribution in [2.24, 2.45) is 16.8 Å². The van der Waals surface area contributed by atoms with Gasteiger partial charge in [0, 0.05) is 24.2 Å². The summed E-state index contributed by atoms with van der Waals surface area (Å²) in [6.07, 6.45) is 0.734. The number of nitrogens with zero attached hydrogens (tertiary/aromatic N) is 2. The Morgan fingerprint density at radius 3 is 2.54 bits per heavy atom. The molecule has 2 atom stereocenters. The molecule has 1 saturated heterocycles. The Bertz CT molecular complexity index is 793. The van der Waals surface area contributed by atoms with Gasteiger partial charge in [-0.25, -0.2) is 13.6 Å². The molecule has 1 aromatic rings. The Labute approximate surface area is 139 Å². The number of hydrogen-bond donors (Lipinski definition) is 2. The summed E-state index contributed by atoms with van der Waals surface area (Å²) in [5.74, 6) is -0.301. The van der Waals surface area contributed by atoms with Crippen LogP contribution in [-0.4, -0.2) is 43.3 Å². The van der Waals surface area contributed by atoms with E-state index in [1.807, 2.05) is 6.92 Å². The van der Waals surface area contributed by atoms with E-state index in [2.05, 4.69) is 0 Å². The number of rotatable bonds is 4. The standard InChI is InChI=1S/C14H20N4O5S/c1-8-3-10(6-15)7-17(8)14(19)12-4-11(24(16,22)23)5-13(9(12)2)18(20)21/h4-5,8,10H,3,6-7,15H2,1-2H3,(H2,16,22,23). The molecule has 1 heterocycles. The second kappa shape index (κ2) is 6.46. The zero-order chi connectivity index (χ0) is 18.2. The fourth-order valence-electron chi connectivity index (χ4n) is 3.00. The van der Waals surface area contributed by atoms with E-state index in [0.29, 0.717) is 13.1 Å². The third-order valence-electron chi connectivity index (χ3n) is 4.37. The molecule has 2 rings (SSSR count). The topological polar surface area (TPSA) is 150 Å². The Kier molecular flexibility index (Phi) is 4.92. The van der Waals surface area contributed by atoms with Crippen molar-refractivity contribution in [2.75, 3.05) is 13.1 Å². The van der Waals surface area contributed by atoms with E-state index in [1.165, 1.54) is 6.92 Å². The van der Waals surface area contributed by atoms with Crippen LogP contribution < -0.4 is 10.9 Å². The number of nitro benzene ring substituents is 1. The van der Waals surface area contributed by atoms with E-state index in [0.717, 1.165) is 18.6 Å². The molecular formula is C14H20N4O5S. The van der Waals surface area contributed by atoms with Gasteiger partial charge in [0.1, 0.15) is 0 Å². The first-order valence-electron chi connectivity index (χ1n) is 7.39. The predicted molar refractivity (Wildman–Crippen MR) is 86.9 cm³/mol. The third kappa shape index (κ3) is 3.40. The van der Waals surface area contributed by atoms with E-state index >= 15 is 0 Å². The van der Waals surface area contributed by atoms with Gasteiger partial charge < -0.3 is 10.6 Å². The molecule has 10 heteroatoms. The molecule has 1 fully saturated rings. The summed E-state index contributed by atoms with van der Waals surface area (Å²) in [6.45, 7) is 4.15. The number of nitrogens with two attached hydrogens (primary N) is 2. The van der Waals surface area contributed by atoms with Crippen molar-refractivity contribution in [3.05, 3.63) is 33.4 Å². The SMILES string of the molecule is Cc1c(C(=O)N2CC(CN)CC2C)cc(S(N)(=O)=O)cc1[N+](=O)[O-]. The molecule has 0 aromatic heterocycles. The van der Waals surface area contributed by atoms with Gasteiger partial charge >= 0.3 is 0 Å². The molecule has 2 unspecified atom stereocenters. The van der Waals surface area contributed by atoms with Crippen LogP contribution in [-0.2, 0) is 10.0 Å². The Morgan fingerprint density at radius 1 is 1.46 bits per heavy atom. The van der Waals surface area contributed by atoms with Gasteiger partial charge in [-0.3, -0.25) is 14.9 Å². The van der Waals surface area contributed by atoms with Gasteiger partial charge in [0.05, 0.1) is 15.4 Å². The lowest BCUT2D eigenvalue weighted by molar-refractivity contribution is -0.385. The number of sulfonamides is 1. The van der Waals surface area contributed by atoms with Crippen LogP contribution in [0.15, 0.2) is 17.0 Å². The van der Waals surface area contributed by atoms with Crippen LogP contribution in [0.4, 0.5) is 5.69 Å². The van der Waals surface area contributed by atoms with Crippen molar-refractivity contribution >= 4 is 21.6 Å². The highest BCUT2D eigenvalue weighted by Gasteiger charge is 2.34. The van der Waals surface area contributed by atoms with Crippen molar-refractivity contribution < 1.29 is 18.1 Å². The molecule has 0 radical (unpaired) electrons. The molecule has 1 amide bonds. The molecule has 0 bridgehead atoms. The Morgan fingerprint density at radius 2 is 2.08 bits per heavy atom. The summed E-state index contributed by atoms with van der Waals surface area (Å²) in [5, 5.41) is 16.3. The molecule has 1 aromatic carbocycles. The number of benzene rings is 1. The lowest BCUT2D eigenvalue weighted by Gasteiger charge is -2.22. The van der Waals surface area contributed by atoms with Crippen molar-refractivity contribution in [1.82, 2.24) is 4.90 Å². The number of carbonyl (C=O) groups excluding carboxylic acids is 1. The largest absolute Gasteiger partial charge is 0.336 e. The van der Waals surface area contributed by atoms with Crippen molar-refractivity contribution in [3.63, 3.8) is 0 Å². The van der Waals surface area contributed by atoms with Gasteiger partial charge in [-0.15, -0.1) is 0 Å². The van der Waals surface area contributed by atoms with Crippen molar-refractivity contribution in [2.45, 2.75) is 31.2 Å². The van der Waals surface area contributed by atoms with E-state index in [-0.39, 0.29) is 23.1 Å². The third-order valence-corrected chi connectivity index (χ3v) is 5.26. The van der Waals surface area contributed by atoms with E-state index in [4.69, 9.17) is 10.9 Å². The van der Waals surface area contributed by atoms with Gasteiger partial charge in [0.2, 0.25) is 10.0 Å². The van der Waals surface area contributed by atoms with Crippen molar-refractivity contribution in [3.8, 4) is 0 Å². The number of amides is 1. The van der Waals surface area contributed by atoms with E-state index in [1.54, 1.807) is 4.90 Å². The average Bonchev–Trinajstić information content (AvgIpc) is 2.86. The fourth-order valence-corrected chi connectivity index (χ4v) is 3.56. The minimum atomic E-state index is -4.18. The first-order chi connectivity index (χ1) is 11.1. The highest BCUT2D eigenvalue weighted by Crippen LogP contribution is 2.30. The molecule has 132 valence electrons. The van der Waals surface area contributed by atoms with Crippen LogP contribution in [0.1, 0.15) is 29.3 Å². The first-order valence-corrected chi connectivity index (χ1v) is 8.93.